The maximum atomic E-state index is 11.4. The fourth-order valence-corrected chi connectivity index (χ4v) is 1.20. The minimum Gasteiger partial charge on any atom is -0.496 e. The molecule has 0 unspecified atom stereocenters. The van der Waals surface area contributed by atoms with Crippen LogP contribution in [0.25, 0.3) is 0 Å². The van der Waals surface area contributed by atoms with E-state index in [9.17, 15) is 4.79 Å². The summed E-state index contributed by atoms with van der Waals surface area (Å²) in [5.74, 6) is 0.569. The lowest BCUT2D eigenvalue weighted by Gasteiger charge is -2.09. The molecule has 0 aliphatic heterocycles. The van der Waals surface area contributed by atoms with Crippen LogP contribution in [0.4, 0.5) is 0 Å². The Morgan fingerprint density at radius 3 is 2.75 bits per heavy atom. The fourth-order valence-electron chi connectivity index (χ4n) is 1.20. The van der Waals surface area contributed by atoms with Crippen molar-refractivity contribution in [1.82, 2.24) is 0 Å². The second kappa shape index (κ2) is 5.80. The molecule has 0 bridgehead atoms. The molecule has 16 heavy (non-hydrogen) atoms. The largest absolute Gasteiger partial charge is 0.496 e. The van der Waals surface area contributed by atoms with E-state index in [1.165, 1.54) is 14.2 Å². The van der Waals surface area contributed by atoms with Crippen LogP contribution in [-0.4, -0.2) is 26.8 Å². The zero-order valence-corrected chi connectivity index (χ0v) is 9.36. The molecule has 0 aliphatic rings. The summed E-state index contributed by atoms with van der Waals surface area (Å²) in [5.41, 5.74) is 0.339. The van der Waals surface area contributed by atoms with Gasteiger partial charge in [0.2, 0.25) is 0 Å². The number of hydrogen-bond donors (Lipinski definition) is 0. The lowest BCUT2D eigenvalue weighted by atomic mass is 10.2. The molecule has 0 heterocycles. The zero-order valence-electron chi connectivity index (χ0n) is 9.36. The second-order valence-corrected chi connectivity index (χ2v) is 2.95. The molecule has 0 amide bonds. The van der Waals surface area contributed by atoms with Gasteiger partial charge in [-0.15, -0.1) is 0 Å². The molecule has 0 spiro atoms. The van der Waals surface area contributed by atoms with E-state index >= 15 is 0 Å². The lowest BCUT2D eigenvalue weighted by Crippen LogP contribution is -2.05. The molecule has 1 aromatic rings. The topological polar surface area (TPSA) is 44.8 Å². The highest BCUT2D eigenvalue weighted by atomic mass is 16.5. The Morgan fingerprint density at radius 1 is 1.44 bits per heavy atom. The predicted molar refractivity (Wildman–Crippen MR) is 60.0 cm³/mol. The third-order valence-electron chi connectivity index (χ3n) is 1.94. The van der Waals surface area contributed by atoms with E-state index < -0.39 is 5.97 Å². The van der Waals surface area contributed by atoms with Gasteiger partial charge in [-0.3, -0.25) is 0 Å². The quantitative estimate of drug-likeness (QED) is 0.565. The Morgan fingerprint density at radius 2 is 2.19 bits per heavy atom. The molecule has 0 fully saturated rings. The van der Waals surface area contributed by atoms with Crippen LogP contribution in [0.5, 0.6) is 11.5 Å². The Labute approximate surface area is 94.4 Å². The van der Waals surface area contributed by atoms with Crippen molar-refractivity contribution in [2.75, 3.05) is 20.8 Å². The monoisotopic (exact) mass is 222 g/mol. The average molecular weight is 222 g/mol. The Kier molecular flexibility index (Phi) is 4.39. The van der Waals surface area contributed by atoms with Gasteiger partial charge in [0.1, 0.15) is 23.7 Å². The molecule has 86 valence electrons. The van der Waals surface area contributed by atoms with Crippen molar-refractivity contribution < 1.29 is 19.0 Å². The fraction of sp³-hybridized carbons (Fsp3) is 0.250. The zero-order chi connectivity index (χ0) is 12.0. The molecule has 1 rings (SSSR count). The number of carbonyl (C=O) groups is 1. The molecule has 0 aromatic heterocycles. The van der Waals surface area contributed by atoms with Gasteiger partial charge in [0, 0.05) is 0 Å². The summed E-state index contributed by atoms with van der Waals surface area (Å²) in [5, 5.41) is 0. The number of carbonyl (C=O) groups excluding carboxylic acids is 1. The second-order valence-electron chi connectivity index (χ2n) is 2.95. The molecule has 0 atom stereocenters. The van der Waals surface area contributed by atoms with Crippen molar-refractivity contribution in [2.45, 2.75) is 0 Å². The predicted octanol–water partition coefficient (Wildman–Crippen LogP) is 2.05. The first-order valence-corrected chi connectivity index (χ1v) is 4.73. The highest BCUT2D eigenvalue weighted by molar-refractivity contribution is 5.92. The molecule has 0 radical (unpaired) electrons. The van der Waals surface area contributed by atoms with Crippen LogP contribution >= 0.6 is 0 Å². The van der Waals surface area contributed by atoms with E-state index in [1.54, 1.807) is 24.3 Å². The van der Waals surface area contributed by atoms with E-state index in [-0.39, 0.29) is 0 Å². The average Bonchev–Trinajstić information content (AvgIpc) is 2.35. The Hall–Kier alpha value is -1.97. The molecule has 4 nitrogen and oxygen atoms in total. The van der Waals surface area contributed by atoms with Gasteiger partial charge in [-0.25, -0.2) is 4.79 Å². The van der Waals surface area contributed by atoms with Gasteiger partial charge in [0.05, 0.1) is 14.2 Å². The third-order valence-corrected chi connectivity index (χ3v) is 1.94. The van der Waals surface area contributed by atoms with Gasteiger partial charge >= 0.3 is 5.97 Å². The Bertz CT molecular complexity index is 385. The summed E-state index contributed by atoms with van der Waals surface area (Å²) < 4.78 is 15.0. The molecule has 0 saturated carbocycles. The van der Waals surface area contributed by atoms with Crippen LogP contribution in [0, 0.1) is 0 Å². The van der Waals surface area contributed by atoms with Gasteiger partial charge < -0.3 is 14.2 Å². The number of benzene rings is 1. The van der Waals surface area contributed by atoms with Crippen LogP contribution < -0.4 is 9.47 Å². The third kappa shape index (κ3) is 2.76. The van der Waals surface area contributed by atoms with Crippen LogP contribution in [0.1, 0.15) is 10.4 Å². The number of rotatable bonds is 5. The van der Waals surface area contributed by atoms with E-state index in [1.807, 2.05) is 0 Å². The van der Waals surface area contributed by atoms with Gasteiger partial charge in [-0.2, -0.15) is 0 Å². The smallest absolute Gasteiger partial charge is 0.341 e. The lowest BCUT2D eigenvalue weighted by molar-refractivity contribution is 0.0596. The number of ether oxygens (including phenoxy) is 3. The van der Waals surface area contributed by atoms with E-state index in [0.717, 1.165) is 0 Å². The number of methoxy groups -OCH3 is 2. The van der Waals surface area contributed by atoms with Gasteiger partial charge in [0.15, 0.2) is 0 Å². The number of hydrogen-bond acceptors (Lipinski definition) is 4. The summed E-state index contributed by atoms with van der Waals surface area (Å²) in [6.45, 7) is 3.92. The summed E-state index contributed by atoms with van der Waals surface area (Å²) >= 11 is 0. The molecule has 0 aliphatic carbocycles. The molecular weight excluding hydrogens is 208 g/mol. The molecule has 4 heteroatoms. The minimum atomic E-state index is -0.457. The summed E-state index contributed by atoms with van der Waals surface area (Å²) in [6.07, 6.45) is 1.63. The minimum absolute atomic E-state index is 0.339. The van der Waals surface area contributed by atoms with E-state index in [2.05, 4.69) is 11.3 Å². The van der Waals surface area contributed by atoms with Gasteiger partial charge in [0.25, 0.3) is 0 Å². The molecule has 1 aromatic carbocycles. The highest BCUT2D eigenvalue weighted by Crippen LogP contribution is 2.24. The number of esters is 1. The van der Waals surface area contributed by atoms with Crippen LogP contribution in [-0.2, 0) is 4.74 Å². The summed E-state index contributed by atoms with van der Waals surface area (Å²) in [4.78, 5) is 11.4. The van der Waals surface area contributed by atoms with Crippen molar-refractivity contribution in [1.29, 1.82) is 0 Å². The standard InChI is InChI=1S/C12H14O4/c1-4-7-16-9-5-6-11(14-2)10(8-9)12(13)15-3/h4-6,8H,1,7H2,2-3H3. The normalized spacial score (nSPS) is 9.38. The first-order chi connectivity index (χ1) is 7.72. The van der Waals surface area contributed by atoms with Crippen molar-refractivity contribution in [3.63, 3.8) is 0 Å². The first-order valence-electron chi connectivity index (χ1n) is 4.73. The van der Waals surface area contributed by atoms with E-state index in [4.69, 9.17) is 9.47 Å². The SMILES string of the molecule is C=CCOc1ccc(OC)c(C(=O)OC)c1. The Balaban J connectivity index is 3.00. The molecule has 0 saturated heterocycles. The maximum absolute atomic E-state index is 11.4. The van der Waals surface area contributed by atoms with Crippen molar-refractivity contribution in [3.8, 4) is 11.5 Å². The van der Waals surface area contributed by atoms with Crippen LogP contribution in [0.2, 0.25) is 0 Å². The maximum Gasteiger partial charge on any atom is 0.341 e. The highest BCUT2D eigenvalue weighted by Gasteiger charge is 2.13. The van der Waals surface area contributed by atoms with Gasteiger partial charge in [-0.1, -0.05) is 12.7 Å². The van der Waals surface area contributed by atoms with Crippen LogP contribution in [0.3, 0.4) is 0 Å². The van der Waals surface area contributed by atoms with Gasteiger partial charge in [-0.05, 0) is 18.2 Å². The summed E-state index contributed by atoms with van der Waals surface area (Å²) in [6, 6.07) is 4.95. The first kappa shape index (κ1) is 12.1. The van der Waals surface area contributed by atoms with Crippen molar-refractivity contribution in [3.05, 3.63) is 36.4 Å². The summed E-state index contributed by atoms with van der Waals surface area (Å²) in [7, 11) is 2.81. The molecule has 0 N–H and O–H groups in total. The van der Waals surface area contributed by atoms with Crippen molar-refractivity contribution >= 4 is 5.97 Å². The molecular formula is C12H14O4. The van der Waals surface area contributed by atoms with E-state index in [0.29, 0.717) is 23.7 Å². The van der Waals surface area contributed by atoms with Crippen LogP contribution in [0.15, 0.2) is 30.9 Å². The van der Waals surface area contributed by atoms with Crippen molar-refractivity contribution in [2.24, 2.45) is 0 Å².